The highest BCUT2D eigenvalue weighted by molar-refractivity contribution is 7.94. The third kappa shape index (κ3) is 2.29. The highest BCUT2D eigenvalue weighted by Gasteiger charge is 2.32. The van der Waals surface area contributed by atoms with Gasteiger partial charge in [0.2, 0.25) is 0 Å². The van der Waals surface area contributed by atoms with Gasteiger partial charge in [0.05, 0.1) is 5.75 Å². The van der Waals surface area contributed by atoms with Crippen molar-refractivity contribution in [3.8, 4) is 0 Å². The van der Waals surface area contributed by atoms with Gasteiger partial charge in [0, 0.05) is 36.9 Å². The molecule has 2 rings (SSSR count). The van der Waals surface area contributed by atoms with Crippen molar-refractivity contribution in [3.63, 3.8) is 0 Å². The maximum Gasteiger partial charge on any atom is 0.173 e. The molecule has 0 bridgehead atoms. The van der Waals surface area contributed by atoms with Gasteiger partial charge in [-0.1, -0.05) is 13.0 Å². The summed E-state index contributed by atoms with van der Waals surface area (Å²) < 4.78 is 22.5. The summed E-state index contributed by atoms with van der Waals surface area (Å²) in [5.41, 5.74) is 0. The Labute approximate surface area is 89.9 Å². The topological polar surface area (TPSA) is 54.5 Å². The van der Waals surface area contributed by atoms with Gasteiger partial charge in [0.1, 0.15) is 5.78 Å². The summed E-state index contributed by atoms with van der Waals surface area (Å²) >= 11 is 0. The lowest BCUT2D eigenvalue weighted by Gasteiger charge is -2.33. The SMILES string of the molecule is CC1CN(C2C=CS(=O)(=O)C2)CCC1=O. The molecule has 0 saturated carbocycles. The first kappa shape index (κ1) is 10.8. The van der Waals surface area contributed by atoms with E-state index in [2.05, 4.69) is 4.90 Å². The van der Waals surface area contributed by atoms with E-state index < -0.39 is 9.84 Å². The van der Waals surface area contributed by atoms with Crippen molar-refractivity contribution in [2.24, 2.45) is 5.92 Å². The standard InChI is InChI=1S/C10H15NO3S/c1-8-6-11(4-2-10(8)12)9-3-5-15(13,14)7-9/h3,5,8-9H,2,4,6-7H2,1H3. The van der Waals surface area contributed by atoms with Gasteiger partial charge >= 0.3 is 0 Å². The Morgan fingerprint density at radius 1 is 1.47 bits per heavy atom. The quantitative estimate of drug-likeness (QED) is 0.645. The van der Waals surface area contributed by atoms with E-state index in [4.69, 9.17) is 0 Å². The number of likely N-dealkylation sites (tertiary alicyclic amines) is 1. The Balaban J connectivity index is 2.03. The van der Waals surface area contributed by atoms with Crippen LogP contribution < -0.4 is 0 Å². The van der Waals surface area contributed by atoms with Crippen LogP contribution in [-0.2, 0) is 14.6 Å². The molecule has 15 heavy (non-hydrogen) atoms. The van der Waals surface area contributed by atoms with Crippen LogP contribution in [0.25, 0.3) is 0 Å². The lowest BCUT2D eigenvalue weighted by atomic mass is 9.97. The lowest BCUT2D eigenvalue weighted by Crippen LogP contribution is -2.45. The molecular weight excluding hydrogens is 214 g/mol. The molecule has 0 radical (unpaired) electrons. The van der Waals surface area contributed by atoms with Crippen LogP contribution in [0.5, 0.6) is 0 Å². The second-order valence-corrected chi connectivity index (χ2v) is 6.27. The molecule has 5 heteroatoms. The minimum Gasteiger partial charge on any atom is -0.299 e. The fourth-order valence-corrected chi connectivity index (χ4v) is 3.46. The number of ketones is 1. The molecule has 84 valence electrons. The van der Waals surface area contributed by atoms with Gasteiger partial charge < -0.3 is 0 Å². The summed E-state index contributed by atoms with van der Waals surface area (Å²) in [6.45, 7) is 3.28. The average molecular weight is 229 g/mol. The first-order valence-electron chi connectivity index (χ1n) is 5.16. The third-order valence-electron chi connectivity index (χ3n) is 3.08. The monoisotopic (exact) mass is 229 g/mol. The van der Waals surface area contributed by atoms with Crippen LogP contribution in [-0.4, -0.2) is 44.0 Å². The molecule has 0 aromatic carbocycles. The normalized spacial score (nSPS) is 35.9. The van der Waals surface area contributed by atoms with E-state index in [1.165, 1.54) is 5.41 Å². The van der Waals surface area contributed by atoms with E-state index in [0.29, 0.717) is 19.5 Å². The summed E-state index contributed by atoms with van der Waals surface area (Å²) in [4.78, 5) is 13.4. The van der Waals surface area contributed by atoms with Crippen LogP contribution in [0.4, 0.5) is 0 Å². The smallest absolute Gasteiger partial charge is 0.173 e. The molecule has 0 N–H and O–H groups in total. The number of Topliss-reactive ketones (excluding diaryl/α,β-unsaturated/α-hetero) is 1. The van der Waals surface area contributed by atoms with Crippen molar-refractivity contribution in [3.05, 3.63) is 11.5 Å². The molecule has 1 fully saturated rings. The maximum atomic E-state index is 11.3. The molecule has 2 heterocycles. The van der Waals surface area contributed by atoms with Crippen LogP contribution in [0.15, 0.2) is 11.5 Å². The fourth-order valence-electron chi connectivity index (χ4n) is 2.13. The number of carbonyl (C=O) groups is 1. The summed E-state index contributed by atoms with van der Waals surface area (Å²) in [6, 6.07) is -0.0226. The maximum absolute atomic E-state index is 11.3. The van der Waals surface area contributed by atoms with E-state index in [0.717, 1.165) is 0 Å². The minimum absolute atomic E-state index is 0.0226. The van der Waals surface area contributed by atoms with Gasteiger partial charge in [-0.15, -0.1) is 0 Å². The Morgan fingerprint density at radius 2 is 2.20 bits per heavy atom. The molecule has 0 aliphatic carbocycles. The van der Waals surface area contributed by atoms with Crippen molar-refractivity contribution < 1.29 is 13.2 Å². The Morgan fingerprint density at radius 3 is 2.73 bits per heavy atom. The number of piperidine rings is 1. The van der Waals surface area contributed by atoms with Crippen LogP contribution in [0.2, 0.25) is 0 Å². The largest absolute Gasteiger partial charge is 0.299 e. The van der Waals surface area contributed by atoms with E-state index in [9.17, 15) is 13.2 Å². The lowest BCUT2D eigenvalue weighted by molar-refractivity contribution is -0.125. The molecule has 0 spiro atoms. The molecular formula is C10H15NO3S. The van der Waals surface area contributed by atoms with Gasteiger partial charge in [-0.3, -0.25) is 9.69 Å². The van der Waals surface area contributed by atoms with Crippen LogP contribution in [0, 0.1) is 5.92 Å². The van der Waals surface area contributed by atoms with Gasteiger partial charge in [-0.2, -0.15) is 0 Å². The summed E-state index contributed by atoms with van der Waals surface area (Å²) in [6.07, 6.45) is 2.28. The molecule has 2 aliphatic rings. The molecule has 0 aromatic rings. The summed E-state index contributed by atoms with van der Waals surface area (Å²) in [5.74, 6) is 0.500. The summed E-state index contributed by atoms with van der Waals surface area (Å²) in [5, 5.41) is 1.29. The predicted octanol–water partition coefficient (Wildman–Crippen LogP) is 0.208. The molecule has 0 aromatic heterocycles. The van der Waals surface area contributed by atoms with Gasteiger partial charge in [0.25, 0.3) is 0 Å². The highest BCUT2D eigenvalue weighted by Crippen LogP contribution is 2.20. The number of hydrogen-bond acceptors (Lipinski definition) is 4. The molecule has 0 amide bonds. The van der Waals surface area contributed by atoms with Crippen molar-refractivity contribution in [1.29, 1.82) is 0 Å². The zero-order valence-electron chi connectivity index (χ0n) is 8.72. The first-order chi connectivity index (χ1) is 6.98. The zero-order valence-corrected chi connectivity index (χ0v) is 9.53. The van der Waals surface area contributed by atoms with Crippen molar-refractivity contribution in [2.75, 3.05) is 18.8 Å². The Bertz CT molecular complexity index is 399. The summed E-state index contributed by atoms with van der Waals surface area (Å²) in [7, 11) is -2.98. The molecule has 1 saturated heterocycles. The van der Waals surface area contributed by atoms with Crippen LogP contribution in [0.3, 0.4) is 0 Å². The second kappa shape index (κ2) is 3.72. The van der Waals surface area contributed by atoms with E-state index in [1.54, 1.807) is 6.08 Å². The Hall–Kier alpha value is -0.680. The number of carbonyl (C=O) groups excluding carboxylic acids is 1. The second-order valence-electron chi connectivity index (χ2n) is 4.34. The predicted molar refractivity (Wildman–Crippen MR) is 57.1 cm³/mol. The zero-order chi connectivity index (χ0) is 11.1. The number of rotatable bonds is 1. The van der Waals surface area contributed by atoms with Gasteiger partial charge in [0.15, 0.2) is 9.84 Å². The number of sulfone groups is 1. The number of nitrogens with zero attached hydrogens (tertiary/aromatic N) is 1. The molecule has 2 atom stereocenters. The fraction of sp³-hybridized carbons (Fsp3) is 0.700. The van der Waals surface area contributed by atoms with E-state index >= 15 is 0 Å². The van der Waals surface area contributed by atoms with E-state index in [-0.39, 0.29) is 23.5 Å². The highest BCUT2D eigenvalue weighted by atomic mass is 32.2. The third-order valence-corrected chi connectivity index (χ3v) is 4.46. The van der Waals surface area contributed by atoms with Gasteiger partial charge in [-0.05, 0) is 0 Å². The van der Waals surface area contributed by atoms with Crippen molar-refractivity contribution in [1.82, 2.24) is 4.90 Å². The van der Waals surface area contributed by atoms with Crippen molar-refractivity contribution in [2.45, 2.75) is 19.4 Å². The molecule has 4 nitrogen and oxygen atoms in total. The van der Waals surface area contributed by atoms with Crippen molar-refractivity contribution >= 4 is 15.6 Å². The average Bonchev–Trinajstić information content (AvgIpc) is 2.51. The first-order valence-corrected chi connectivity index (χ1v) is 6.87. The van der Waals surface area contributed by atoms with Gasteiger partial charge in [-0.25, -0.2) is 8.42 Å². The minimum atomic E-state index is -2.98. The molecule has 2 unspecified atom stereocenters. The number of hydrogen-bond donors (Lipinski definition) is 0. The Kier molecular flexibility index (Phi) is 2.68. The van der Waals surface area contributed by atoms with Crippen LogP contribution in [0.1, 0.15) is 13.3 Å². The molecule has 2 aliphatic heterocycles. The van der Waals surface area contributed by atoms with E-state index in [1.807, 2.05) is 6.92 Å². The van der Waals surface area contributed by atoms with Crippen LogP contribution >= 0.6 is 0 Å².